The molecule has 3 N–H and O–H groups in total. The molecule has 0 spiro atoms. The number of allylic oxidation sites excluding steroid dienone is 6. The van der Waals surface area contributed by atoms with Crippen LogP contribution in [0.4, 0.5) is 14.6 Å². The van der Waals surface area contributed by atoms with Crippen LogP contribution in [0.15, 0.2) is 83.4 Å². The fourth-order valence-electron chi connectivity index (χ4n) is 6.10. The van der Waals surface area contributed by atoms with Crippen molar-refractivity contribution in [3.8, 4) is 17.1 Å². The molecular formula is C40H53F2N6O3+. The summed E-state index contributed by atoms with van der Waals surface area (Å²) < 4.78 is 34.3. The quantitative estimate of drug-likeness (QED) is 0.0511. The number of pyridine rings is 1. The monoisotopic (exact) mass is 703 g/mol. The molecule has 1 atom stereocenters. The van der Waals surface area contributed by atoms with E-state index in [1.165, 1.54) is 41.5 Å². The van der Waals surface area contributed by atoms with Crippen LogP contribution < -0.4 is 20.1 Å². The Kier molecular flexibility index (Phi) is 15.1. The van der Waals surface area contributed by atoms with Crippen molar-refractivity contribution in [2.45, 2.75) is 85.6 Å². The average molecular weight is 704 g/mol. The summed E-state index contributed by atoms with van der Waals surface area (Å²) in [5, 5.41) is 17.8. The fraction of sp³-hybridized carbons (Fsp3) is 0.450. The lowest BCUT2D eigenvalue weighted by atomic mass is 9.98. The minimum atomic E-state index is -0.691. The number of hydrogen-bond acceptors (Lipinski definition) is 8. The van der Waals surface area contributed by atoms with Gasteiger partial charge >= 0.3 is 5.82 Å². The molecule has 2 aromatic heterocycles. The number of carbonyl (C=O) groups is 1. The van der Waals surface area contributed by atoms with Crippen molar-refractivity contribution < 1.29 is 28.2 Å². The van der Waals surface area contributed by atoms with E-state index in [2.05, 4.69) is 58.4 Å². The summed E-state index contributed by atoms with van der Waals surface area (Å²) in [5.74, 6) is -0.635. The molecule has 51 heavy (non-hydrogen) atoms. The van der Waals surface area contributed by atoms with E-state index in [-0.39, 0.29) is 18.1 Å². The van der Waals surface area contributed by atoms with E-state index >= 15 is 0 Å². The zero-order valence-electron chi connectivity index (χ0n) is 30.6. The van der Waals surface area contributed by atoms with Gasteiger partial charge in [-0.05, 0) is 96.0 Å². The highest BCUT2D eigenvalue weighted by Crippen LogP contribution is 2.22. The van der Waals surface area contributed by atoms with Crippen LogP contribution in [-0.4, -0.2) is 64.7 Å². The zero-order valence-corrected chi connectivity index (χ0v) is 30.6. The molecule has 0 unspecified atom stereocenters. The average Bonchev–Trinajstić information content (AvgIpc) is 3.10. The van der Waals surface area contributed by atoms with Crippen LogP contribution in [0.1, 0.15) is 78.3 Å². The molecule has 1 aromatic carbocycles. The third-order valence-electron chi connectivity index (χ3n) is 9.28. The van der Waals surface area contributed by atoms with Gasteiger partial charge in [0, 0.05) is 62.3 Å². The lowest BCUT2D eigenvalue weighted by Gasteiger charge is -2.24. The predicted molar refractivity (Wildman–Crippen MR) is 197 cm³/mol. The number of unbranched alkanes of at least 4 members (excludes halogenated alkanes) is 1. The third kappa shape index (κ3) is 12.3. The van der Waals surface area contributed by atoms with Crippen molar-refractivity contribution in [2.24, 2.45) is 0 Å². The van der Waals surface area contributed by atoms with E-state index < -0.39 is 17.7 Å². The minimum Gasteiger partial charge on any atom is -0.492 e. The molecule has 0 bridgehead atoms. The first-order valence-electron chi connectivity index (χ1n) is 18.0. The van der Waals surface area contributed by atoms with Crippen molar-refractivity contribution in [1.29, 1.82) is 0 Å². The molecular weight excluding hydrogens is 650 g/mol. The summed E-state index contributed by atoms with van der Waals surface area (Å²) in [7, 11) is 0. The summed E-state index contributed by atoms with van der Waals surface area (Å²) in [6.07, 6.45) is 14.3. The van der Waals surface area contributed by atoms with Gasteiger partial charge in [0.25, 0.3) is 5.82 Å². The minimum absolute atomic E-state index is 0.0727. The Morgan fingerprint density at radius 2 is 1.84 bits per heavy atom. The number of halogens is 2. The van der Waals surface area contributed by atoms with Gasteiger partial charge in [-0.3, -0.25) is 20.0 Å². The molecule has 274 valence electrons. The standard InChI is InChI=1S/C40H52F2N6O3/c1-6-28(2)32(12-13-33-11-9-17-44-30(33)4)10-7-8-20-47(22-23-51-37-26-35(41)25-36(42)27-37)21-16-38(31(5)49)46-39-24-29(3)45-40(48(39)50)34-14-18-43-19-15-34/h12-15,18-19,24-27,38,44,50H,6-11,16-17,20-23H2,1-5H3/p+1/b13-12-,32-28+/t38-/m0/s1. The highest BCUT2D eigenvalue weighted by molar-refractivity contribution is 5.83. The first kappa shape index (κ1) is 39.2. The Morgan fingerprint density at radius 3 is 2.53 bits per heavy atom. The van der Waals surface area contributed by atoms with Gasteiger partial charge in [-0.15, -0.1) is 4.98 Å². The van der Waals surface area contributed by atoms with Gasteiger partial charge in [0.2, 0.25) is 0 Å². The Hall–Kier alpha value is -4.64. The van der Waals surface area contributed by atoms with Crippen LogP contribution in [0, 0.1) is 18.6 Å². The number of Topliss-reactive ketones (excluding diaryl/α,β-unsaturated/α-hetero) is 1. The molecule has 1 aliphatic rings. The lowest BCUT2D eigenvalue weighted by Crippen LogP contribution is -2.43. The van der Waals surface area contributed by atoms with Crippen LogP contribution in [0.2, 0.25) is 0 Å². The van der Waals surface area contributed by atoms with Crippen LogP contribution >= 0.6 is 0 Å². The highest BCUT2D eigenvalue weighted by atomic mass is 19.1. The number of benzene rings is 1. The molecule has 0 saturated carbocycles. The second-order valence-electron chi connectivity index (χ2n) is 13.2. The Labute approximate surface area is 301 Å². The van der Waals surface area contributed by atoms with Gasteiger partial charge in [-0.2, -0.15) is 0 Å². The molecule has 11 heteroatoms. The van der Waals surface area contributed by atoms with Crippen LogP contribution in [-0.2, 0) is 4.79 Å². The van der Waals surface area contributed by atoms with Crippen molar-refractivity contribution in [3.63, 3.8) is 0 Å². The molecule has 0 fully saturated rings. The second kappa shape index (κ2) is 19.7. The number of rotatable bonds is 19. The van der Waals surface area contributed by atoms with Crippen LogP contribution in [0.3, 0.4) is 0 Å². The SMILES string of the molecule is CC/C(C)=C(/C=C\C1=C(C)NCCC1)CCCCN(CCOc1cc(F)cc(F)c1)CC[C@H](Nc1cc(C)nc(-c2ccncc2)[n+]1O)C(C)=O. The molecule has 4 rings (SSSR count). The van der Waals surface area contributed by atoms with E-state index in [1.807, 2.05) is 6.92 Å². The number of hydrogen-bond donors (Lipinski definition) is 3. The Morgan fingerprint density at radius 1 is 1.10 bits per heavy atom. The fourth-order valence-corrected chi connectivity index (χ4v) is 6.10. The number of ether oxygens (including phenoxy) is 1. The zero-order chi connectivity index (χ0) is 36.8. The van der Waals surface area contributed by atoms with Crippen molar-refractivity contribution >= 4 is 11.6 Å². The molecule has 0 saturated heterocycles. The summed E-state index contributed by atoms with van der Waals surface area (Å²) in [4.78, 5) is 23.6. The topological polar surface area (TPSA) is 103 Å². The van der Waals surface area contributed by atoms with E-state index in [0.717, 1.165) is 62.4 Å². The number of nitrogens with one attached hydrogen (secondary N) is 2. The molecule has 3 heterocycles. The largest absolute Gasteiger partial charge is 0.492 e. The maximum atomic E-state index is 13.8. The van der Waals surface area contributed by atoms with Gasteiger partial charge in [0.1, 0.15) is 35.7 Å². The van der Waals surface area contributed by atoms with Crippen LogP contribution in [0.5, 0.6) is 5.75 Å². The smallest absolute Gasteiger partial charge is 0.307 e. The number of ketones is 1. The lowest BCUT2D eigenvalue weighted by molar-refractivity contribution is -0.886. The van der Waals surface area contributed by atoms with E-state index in [0.29, 0.717) is 42.4 Å². The van der Waals surface area contributed by atoms with Crippen molar-refractivity contribution in [3.05, 3.63) is 101 Å². The van der Waals surface area contributed by atoms with Crippen LogP contribution in [0.25, 0.3) is 11.4 Å². The maximum absolute atomic E-state index is 13.8. The van der Waals surface area contributed by atoms with Crippen molar-refractivity contribution in [2.75, 3.05) is 38.1 Å². The summed E-state index contributed by atoms with van der Waals surface area (Å²) in [6, 6.07) is 7.77. The molecule has 9 nitrogen and oxygen atoms in total. The predicted octanol–water partition coefficient (Wildman–Crippen LogP) is 7.51. The summed E-state index contributed by atoms with van der Waals surface area (Å²) >= 11 is 0. The molecule has 3 aromatic rings. The summed E-state index contributed by atoms with van der Waals surface area (Å²) in [6.45, 7) is 13.0. The first-order chi connectivity index (χ1) is 24.5. The van der Waals surface area contributed by atoms with Gasteiger partial charge in [0.05, 0.1) is 11.6 Å². The van der Waals surface area contributed by atoms with E-state index in [1.54, 1.807) is 30.6 Å². The molecule has 0 amide bonds. The number of anilines is 1. The van der Waals surface area contributed by atoms with Gasteiger partial charge in [0.15, 0.2) is 5.78 Å². The van der Waals surface area contributed by atoms with Crippen molar-refractivity contribution in [1.82, 2.24) is 20.2 Å². The van der Waals surface area contributed by atoms with E-state index in [4.69, 9.17) is 4.74 Å². The van der Waals surface area contributed by atoms with Gasteiger partial charge in [-0.1, -0.05) is 29.4 Å². The Bertz CT molecular complexity index is 1690. The first-order valence-corrected chi connectivity index (χ1v) is 18.0. The van der Waals surface area contributed by atoms with E-state index in [9.17, 15) is 18.8 Å². The summed E-state index contributed by atoms with van der Waals surface area (Å²) in [5.41, 5.74) is 6.73. The molecule has 0 radical (unpaired) electrons. The van der Waals surface area contributed by atoms with Gasteiger partial charge in [-0.25, -0.2) is 8.78 Å². The Balaban J connectivity index is 1.43. The number of aromatic nitrogens is 3. The number of nitrogens with zero attached hydrogens (tertiary/aromatic N) is 4. The number of carbonyl (C=O) groups excluding carboxylic acids is 1. The van der Waals surface area contributed by atoms with Gasteiger partial charge < -0.3 is 15.3 Å². The molecule has 0 aliphatic carbocycles. The second-order valence-corrected chi connectivity index (χ2v) is 13.2. The number of aryl methyl sites for hydroxylation is 1. The third-order valence-corrected chi connectivity index (χ3v) is 9.28. The molecule has 1 aliphatic heterocycles. The maximum Gasteiger partial charge on any atom is 0.307 e. The normalized spacial score (nSPS) is 14.4. The highest BCUT2D eigenvalue weighted by Gasteiger charge is 2.25.